The molecule has 3 aromatic rings. The number of ether oxygens (including phenoxy) is 1. The Bertz CT molecular complexity index is 1150. The maximum atomic E-state index is 13.3. The van der Waals surface area contributed by atoms with Gasteiger partial charge in [-0.15, -0.1) is 0 Å². The van der Waals surface area contributed by atoms with E-state index in [9.17, 15) is 17.6 Å². The van der Waals surface area contributed by atoms with Gasteiger partial charge in [-0.25, -0.2) is 12.8 Å². The molecular formula is C24H25FN2O4S. The predicted molar refractivity (Wildman–Crippen MR) is 120 cm³/mol. The minimum Gasteiger partial charge on any atom is -0.496 e. The van der Waals surface area contributed by atoms with Gasteiger partial charge in [0, 0.05) is 12.1 Å². The summed E-state index contributed by atoms with van der Waals surface area (Å²) in [6.45, 7) is 1.33. The van der Waals surface area contributed by atoms with Gasteiger partial charge in [0.1, 0.15) is 11.6 Å². The van der Waals surface area contributed by atoms with Crippen molar-refractivity contribution in [2.24, 2.45) is 0 Å². The molecule has 0 fully saturated rings. The molecule has 0 aliphatic heterocycles. The summed E-state index contributed by atoms with van der Waals surface area (Å²) in [5.41, 5.74) is 1.34. The van der Waals surface area contributed by atoms with Crippen LogP contribution in [0.5, 0.6) is 5.75 Å². The summed E-state index contributed by atoms with van der Waals surface area (Å²) in [6.07, 6.45) is 0. The second-order valence-electron chi connectivity index (χ2n) is 7.24. The first kappa shape index (κ1) is 23.4. The molecule has 8 heteroatoms. The zero-order chi connectivity index (χ0) is 23.1. The number of carbonyl (C=O) groups is 1. The summed E-state index contributed by atoms with van der Waals surface area (Å²) >= 11 is 0. The molecule has 0 bridgehead atoms. The quantitative estimate of drug-likeness (QED) is 0.530. The number of hydrogen-bond donors (Lipinski definition) is 1. The first-order valence-electron chi connectivity index (χ1n) is 10.0. The fraction of sp³-hybridized carbons (Fsp3) is 0.208. The Hall–Kier alpha value is -3.23. The Morgan fingerprint density at radius 2 is 1.62 bits per heavy atom. The molecule has 168 valence electrons. The first-order chi connectivity index (χ1) is 15.3. The molecule has 0 unspecified atom stereocenters. The van der Waals surface area contributed by atoms with Gasteiger partial charge in [-0.2, -0.15) is 4.31 Å². The highest BCUT2D eigenvalue weighted by molar-refractivity contribution is 7.89. The summed E-state index contributed by atoms with van der Waals surface area (Å²) in [4.78, 5) is 12.9. The Balaban J connectivity index is 1.83. The highest BCUT2D eigenvalue weighted by Crippen LogP contribution is 2.24. The van der Waals surface area contributed by atoms with Crippen LogP contribution in [0, 0.1) is 5.82 Å². The van der Waals surface area contributed by atoms with E-state index in [1.165, 1.54) is 36.4 Å². The van der Waals surface area contributed by atoms with Crippen molar-refractivity contribution in [1.82, 2.24) is 9.62 Å². The molecule has 0 saturated carbocycles. The Morgan fingerprint density at radius 3 is 2.28 bits per heavy atom. The number of para-hydroxylation sites is 1. The smallest absolute Gasteiger partial charge is 0.243 e. The van der Waals surface area contributed by atoms with Crippen LogP contribution in [0.3, 0.4) is 0 Å². The van der Waals surface area contributed by atoms with Gasteiger partial charge in [0.05, 0.1) is 24.6 Å². The van der Waals surface area contributed by atoms with Crippen molar-refractivity contribution in [1.29, 1.82) is 0 Å². The van der Waals surface area contributed by atoms with Gasteiger partial charge in [-0.3, -0.25) is 4.79 Å². The zero-order valence-corrected chi connectivity index (χ0v) is 18.7. The Labute approximate surface area is 187 Å². The summed E-state index contributed by atoms with van der Waals surface area (Å²) < 4.78 is 46.2. The lowest BCUT2D eigenvalue weighted by Gasteiger charge is -2.24. The Morgan fingerprint density at radius 1 is 1.00 bits per heavy atom. The number of sulfonamides is 1. The molecule has 32 heavy (non-hydrogen) atoms. The molecule has 0 saturated heterocycles. The van der Waals surface area contributed by atoms with E-state index in [1.54, 1.807) is 38.3 Å². The standard InChI is InChI=1S/C24H25FN2O4S/c1-18(22-10-6-7-11-23(22)31-2)26-24(28)17-27(16-19-12-14-20(25)15-13-19)32(29,30)21-8-4-3-5-9-21/h3-15,18H,16-17H2,1-2H3,(H,26,28)/t18-/m1/s1. The van der Waals surface area contributed by atoms with Crippen LogP contribution in [0.2, 0.25) is 0 Å². The minimum atomic E-state index is -3.96. The third kappa shape index (κ3) is 5.72. The van der Waals surface area contributed by atoms with E-state index < -0.39 is 34.3 Å². The predicted octanol–water partition coefficient (Wildman–Crippen LogP) is 3.90. The molecule has 1 atom stereocenters. The molecule has 0 spiro atoms. The van der Waals surface area contributed by atoms with Gasteiger partial charge in [0.15, 0.2) is 0 Å². The highest BCUT2D eigenvalue weighted by Gasteiger charge is 2.27. The first-order valence-corrected chi connectivity index (χ1v) is 11.5. The second-order valence-corrected chi connectivity index (χ2v) is 9.18. The molecule has 3 rings (SSSR count). The number of rotatable bonds is 9. The van der Waals surface area contributed by atoms with E-state index in [1.807, 2.05) is 18.2 Å². The number of amides is 1. The topological polar surface area (TPSA) is 75.7 Å². The van der Waals surface area contributed by atoms with Crippen LogP contribution in [-0.4, -0.2) is 32.3 Å². The van der Waals surface area contributed by atoms with Gasteiger partial charge < -0.3 is 10.1 Å². The van der Waals surface area contributed by atoms with Crippen LogP contribution in [0.25, 0.3) is 0 Å². The fourth-order valence-corrected chi connectivity index (χ4v) is 4.72. The van der Waals surface area contributed by atoms with E-state index in [2.05, 4.69) is 5.32 Å². The average molecular weight is 457 g/mol. The zero-order valence-electron chi connectivity index (χ0n) is 17.9. The minimum absolute atomic E-state index is 0.0754. The average Bonchev–Trinajstić information content (AvgIpc) is 2.80. The van der Waals surface area contributed by atoms with E-state index in [-0.39, 0.29) is 11.4 Å². The molecule has 0 radical (unpaired) electrons. The van der Waals surface area contributed by atoms with Crippen molar-refractivity contribution in [3.05, 3.63) is 95.8 Å². The number of benzene rings is 3. The van der Waals surface area contributed by atoms with Crippen molar-refractivity contribution < 1.29 is 22.3 Å². The largest absolute Gasteiger partial charge is 0.496 e. The molecule has 0 aromatic heterocycles. The van der Waals surface area contributed by atoms with Crippen molar-refractivity contribution in [3.63, 3.8) is 0 Å². The third-order valence-electron chi connectivity index (χ3n) is 4.96. The summed E-state index contributed by atoms with van der Waals surface area (Å²) in [7, 11) is -2.42. The van der Waals surface area contributed by atoms with Gasteiger partial charge in [-0.1, -0.05) is 48.5 Å². The number of nitrogens with one attached hydrogen (secondary N) is 1. The lowest BCUT2D eigenvalue weighted by molar-refractivity contribution is -0.122. The SMILES string of the molecule is COc1ccccc1[C@@H](C)NC(=O)CN(Cc1ccc(F)cc1)S(=O)(=O)c1ccccc1. The molecule has 0 aliphatic rings. The van der Waals surface area contributed by atoms with Gasteiger partial charge in [0.25, 0.3) is 0 Å². The van der Waals surface area contributed by atoms with E-state index in [0.717, 1.165) is 9.87 Å². The van der Waals surface area contributed by atoms with Crippen molar-refractivity contribution >= 4 is 15.9 Å². The van der Waals surface area contributed by atoms with Gasteiger partial charge in [-0.05, 0) is 42.8 Å². The molecule has 3 aromatic carbocycles. The molecule has 1 N–H and O–H groups in total. The molecule has 0 heterocycles. The van der Waals surface area contributed by atoms with Crippen LogP contribution in [0.1, 0.15) is 24.1 Å². The fourth-order valence-electron chi connectivity index (χ4n) is 3.31. The molecule has 0 aliphatic carbocycles. The van der Waals surface area contributed by atoms with Crippen LogP contribution >= 0.6 is 0 Å². The summed E-state index contributed by atoms with van der Waals surface area (Å²) in [6, 6.07) is 20.3. The van der Waals surface area contributed by atoms with Crippen LogP contribution < -0.4 is 10.1 Å². The lowest BCUT2D eigenvalue weighted by Crippen LogP contribution is -2.41. The van der Waals surface area contributed by atoms with Crippen LogP contribution in [-0.2, 0) is 21.4 Å². The van der Waals surface area contributed by atoms with Gasteiger partial charge >= 0.3 is 0 Å². The van der Waals surface area contributed by atoms with Crippen molar-refractivity contribution in [3.8, 4) is 5.75 Å². The van der Waals surface area contributed by atoms with Crippen LogP contribution in [0.15, 0.2) is 83.8 Å². The number of hydrogen-bond acceptors (Lipinski definition) is 4. The molecule has 6 nitrogen and oxygen atoms in total. The number of halogens is 1. The van der Waals surface area contributed by atoms with Crippen LogP contribution in [0.4, 0.5) is 4.39 Å². The monoisotopic (exact) mass is 456 g/mol. The Kier molecular flexibility index (Phi) is 7.61. The third-order valence-corrected chi connectivity index (χ3v) is 6.76. The normalized spacial score (nSPS) is 12.4. The highest BCUT2D eigenvalue weighted by atomic mass is 32.2. The maximum absolute atomic E-state index is 13.3. The number of carbonyl (C=O) groups excluding carboxylic acids is 1. The van der Waals surface area contributed by atoms with E-state index in [0.29, 0.717) is 11.3 Å². The van der Waals surface area contributed by atoms with E-state index in [4.69, 9.17) is 4.74 Å². The van der Waals surface area contributed by atoms with E-state index >= 15 is 0 Å². The maximum Gasteiger partial charge on any atom is 0.243 e. The summed E-state index contributed by atoms with van der Waals surface area (Å²) in [5.74, 6) is -0.264. The lowest BCUT2D eigenvalue weighted by atomic mass is 10.1. The second kappa shape index (κ2) is 10.4. The summed E-state index contributed by atoms with van der Waals surface area (Å²) in [5, 5.41) is 2.83. The van der Waals surface area contributed by atoms with Crippen molar-refractivity contribution in [2.45, 2.75) is 24.4 Å². The molecule has 1 amide bonds. The van der Waals surface area contributed by atoms with Gasteiger partial charge in [0.2, 0.25) is 15.9 Å². The van der Waals surface area contributed by atoms with Crippen molar-refractivity contribution in [2.75, 3.05) is 13.7 Å². The molecular weight excluding hydrogens is 431 g/mol. The number of methoxy groups -OCH3 is 1. The number of nitrogens with zero attached hydrogens (tertiary/aromatic N) is 1.